The van der Waals surface area contributed by atoms with Gasteiger partial charge < -0.3 is 5.73 Å². The average Bonchev–Trinajstić information content (AvgIpc) is 2.48. The van der Waals surface area contributed by atoms with Crippen LogP contribution in [-0.2, 0) is 16.6 Å². The van der Waals surface area contributed by atoms with E-state index in [2.05, 4.69) is 4.98 Å². The van der Waals surface area contributed by atoms with E-state index in [0.717, 1.165) is 11.6 Å². The molecule has 2 rings (SSSR count). The van der Waals surface area contributed by atoms with Crippen LogP contribution in [0.1, 0.15) is 12.5 Å². The van der Waals surface area contributed by atoms with Gasteiger partial charge >= 0.3 is 0 Å². The smallest absolute Gasteiger partial charge is 0.245 e. The van der Waals surface area contributed by atoms with E-state index >= 15 is 0 Å². The first-order chi connectivity index (χ1) is 9.96. The molecule has 0 bridgehead atoms. The summed E-state index contributed by atoms with van der Waals surface area (Å²) in [7, 11) is -3.85. The number of halogens is 1. The Morgan fingerprint density at radius 3 is 2.52 bits per heavy atom. The van der Waals surface area contributed by atoms with Crippen LogP contribution in [0.2, 0.25) is 0 Å². The molecule has 0 unspecified atom stereocenters. The molecule has 2 N–H and O–H groups in total. The molecule has 112 valence electrons. The molecule has 7 heteroatoms. The Balaban J connectivity index is 2.38. The molecule has 1 heterocycles. The second-order valence-corrected chi connectivity index (χ2v) is 6.34. The Hall–Kier alpha value is -1.99. The van der Waals surface area contributed by atoms with Gasteiger partial charge in [0.1, 0.15) is 10.7 Å². The molecule has 2 aromatic rings. The van der Waals surface area contributed by atoms with Gasteiger partial charge in [0.2, 0.25) is 10.0 Å². The molecule has 1 aromatic heterocycles. The lowest BCUT2D eigenvalue weighted by Gasteiger charge is -2.21. The number of benzene rings is 1. The van der Waals surface area contributed by atoms with Gasteiger partial charge in [-0.05, 0) is 29.8 Å². The number of para-hydroxylation sites is 1. The van der Waals surface area contributed by atoms with Crippen molar-refractivity contribution in [1.82, 2.24) is 9.29 Å². The van der Waals surface area contributed by atoms with Crippen molar-refractivity contribution in [1.29, 1.82) is 0 Å². The van der Waals surface area contributed by atoms with Crippen LogP contribution in [0, 0.1) is 5.82 Å². The van der Waals surface area contributed by atoms with Crippen molar-refractivity contribution in [3.8, 4) is 0 Å². The fourth-order valence-electron chi connectivity index (χ4n) is 1.94. The summed E-state index contributed by atoms with van der Waals surface area (Å²) in [5, 5.41) is 0. The van der Waals surface area contributed by atoms with Crippen LogP contribution in [0.4, 0.5) is 10.1 Å². The lowest BCUT2D eigenvalue weighted by Crippen LogP contribution is -2.31. The summed E-state index contributed by atoms with van der Waals surface area (Å²) >= 11 is 0. The van der Waals surface area contributed by atoms with Gasteiger partial charge in [-0.15, -0.1) is 0 Å². The van der Waals surface area contributed by atoms with Crippen molar-refractivity contribution in [2.45, 2.75) is 18.4 Å². The third kappa shape index (κ3) is 3.20. The number of hydrogen-bond donors (Lipinski definition) is 1. The van der Waals surface area contributed by atoms with E-state index in [1.807, 2.05) is 0 Å². The summed E-state index contributed by atoms with van der Waals surface area (Å²) in [5.41, 5.74) is 6.00. The molecule has 0 aliphatic heterocycles. The quantitative estimate of drug-likeness (QED) is 0.857. The van der Waals surface area contributed by atoms with E-state index in [1.54, 1.807) is 31.5 Å². The molecule has 0 saturated heterocycles. The first-order valence-electron chi connectivity index (χ1n) is 6.40. The maximum atomic E-state index is 13.5. The maximum absolute atomic E-state index is 13.5. The van der Waals surface area contributed by atoms with Gasteiger partial charge in [0.15, 0.2) is 0 Å². The third-order valence-corrected chi connectivity index (χ3v) is 5.07. The number of pyridine rings is 1. The van der Waals surface area contributed by atoms with E-state index in [0.29, 0.717) is 0 Å². The average molecular weight is 309 g/mol. The monoisotopic (exact) mass is 309 g/mol. The van der Waals surface area contributed by atoms with Crippen LogP contribution in [-0.4, -0.2) is 24.3 Å². The van der Waals surface area contributed by atoms with Gasteiger partial charge in [-0.2, -0.15) is 4.31 Å². The predicted octanol–water partition coefficient (Wildman–Crippen LogP) is 2.01. The summed E-state index contributed by atoms with van der Waals surface area (Å²) in [6, 6.07) is 7.23. The Labute approximate surface area is 123 Å². The molecule has 0 aliphatic rings. The zero-order valence-electron chi connectivity index (χ0n) is 11.5. The standard InChI is InChI=1S/C14H16FN3O2S/c1-2-18(10-11-6-8-17-9-7-11)21(19,20)13-5-3-4-12(15)14(13)16/h3-9H,2,10,16H2,1H3. The molecule has 0 spiro atoms. The molecular weight excluding hydrogens is 293 g/mol. The largest absolute Gasteiger partial charge is 0.395 e. The minimum atomic E-state index is -3.85. The number of nitrogen functional groups attached to an aromatic ring is 1. The van der Waals surface area contributed by atoms with E-state index in [9.17, 15) is 12.8 Å². The van der Waals surface area contributed by atoms with Gasteiger partial charge in [-0.3, -0.25) is 4.98 Å². The first kappa shape index (κ1) is 15.4. The van der Waals surface area contributed by atoms with Crippen LogP contribution in [0.3, 0.4) is 0 Å². The van der Waals surface area contributed by atoms with Crippen molar-refractivity contribution in [2.24, 2.45) is 0 Å². The highest BCUT2D eigenvalue weighted by Crippen LogP contribution is 2.25. The van der Waals surface area contributed by atoms with Crippen molar-refractivity contribution < 1.29 is 12.8 Å². The Bertz CT molecular complexity index is 720. The summed E-state index contributed by atoms with van der Waals surface area (Å²) in [4.78, 5) is 3.68. The van der Waals surface area contributed by atoms with E-state index in [4.69, 9.17) is 5.73 Å². The molecular formula is C14H16FN3O2S. The van der Waals surface area contributed by atoms with E-state index in [1.165, 1.54) is 16.4 Å². The molecule has 21 heavy (non-hydrogen) atoms. The second-order valence-electron chi connectivity index (χ2n) is 4.44. The molecule has 0 atom stereocenters. The SMILES string of the molecule is CCN(Cc1ccncc1)S(=O)(=O)c1cccc(F)c1N. The fourth-order valence-corrected chi connectivity index (χ4v) is 3.50. The molecule has 0 radical (unpaired) electrons. The number of aromatic nitrogens is 1. The van der Waals surface area contributed by atoms with E-state index < -0.39 is 15.8 Å². The number of nitrogens with zero attached hydrogens (tertiary/aromatic N) is 2. The summed E-state index contributed by atoms with van der Waals surface area (Å²) in [5.74, 6) is -0.740. The molecule has 1 aromatic carbocycles. The predicted molar refractivity (Wildman–Crippen MR) is 78.3 cm³/mol. The maximum Gasteiger partial charge on any atom is 0.245 e. The molecule has 0 aliphatic carbocycles. The molecule has 0 amide bonds. The summed E-state index contributed by atoms with van der Waals surface area (Å²) in [6.07, 6.45) is 3.18. The van der Waals surface area contributed by atoms with Crippen molar-refractivity contribution in [3.05, 3.63) is 54.1 Å². The number of anilines is 1. The Kier molecular flexibility index (Phi) is 4.54. The highest BCUT2D eigenvalue weighted by atomic mass is 32.2. The highest BCUT2D eigenvalue weighted by Gasteiger charge is 2.26. The Morgan fingerprint density at radius 2 is 1.90 bits per heavy atom. The van der Waals surface area contributed by atoms with Gasteiger partial charge in [-0.1, -0.05) is 13.0 Å². The van der Waals surface area contributed by atoms with Gasteiger partial charge in [0, 0.05) is 25.5 Å². The van der Waals surface area contributed by atoms with Crippen LogP contribution in [0.5, 0.6) is 0 Å². The lowest BCUT2D eigenvalue weighted by molar-refractivity contribution is 0.423. The number of hydrogen-bond acceptors (Lipinski definition) is 4. The van der Waals surface area contributed by atoms with Crippen LogP contribution in [0.15, 0.2) is 47.6 Å². The highest BCUT2D eigenvalue weighted by molar-refractivity contribution is 7.89. The summed E-state index contributed by atoms with van der Waals surface area (Å²) in [6.45, 7) is 2.14. The minimum absolute atomic E-state index is 0.178. The Morgan fingerprint density at radius 1 is 1.24 bits per heavy atom. The van der Waals surface area contributed by atoms with Crippen molar-refractivity contribution in [3.63, 3.8) is 0 Å². The van der Waals surface area contributed by atoms with Crippen LogP contribution in [0.25, 0.3) is 0 Å². The van der Waals surface area contributed by atoms with Gasteiger partial charge in [0.25, 0.3) is 0 Å². The van der Waals surface area contributed by atoms with Crippen molar-refractivity contribution >= 4 is 15.7 Å². The van der Waals surface area contributed by atoms with Crippen LogP contribution >= 0.6 is 0 Å². The molecule has 0 fully saturated rings. The van der Waals surface area contributed by atoms with Crippen LogP contribution < -0.4 is 5.73 Å². The summed E-state index contributed by atoms with van der Waals surface area (Å²) < 4.78 is 39.9. The minimum Gasteiger partial charge on any atom is -0.395 e. The topological polar surface area (TPSA) is 76.3 Å². The zero-order valence-corrected chi connectivity index (χ0v) is 12.3. The number of sulfonamides is 1. The molecule has 5 nitrogen and oxygen atoms in total. The van der Waals surface area contributed by atoms with Crippen molar-refractivity contribution in [2.75, 3.05) is 12.3 Å². The van der Waals surface area contributed by atoms with Gasteiger partial charge in [-0.25, -0.2) is 12.8 Å². The first-order valence-corrected chi connectivity index (χ1v) is 7.84. The fraction of sp³-hybridized carbons (Fsp3) is 0.214. The normalized spacial score (nSPS) is 11.8. The number of nitrogens with two attached hydrogens (primary N) is 1. The third-order valence-electron chi connectivity index (χ3n) is 3.09. The van der Waals surface area contributed by atoms with Gasteiger partial charge in [0.05, 0.1) is 5.69 Å². The van der Waals surface area contributed by atoms with E-state index in [-0.39, 0.29) is 23.7 Å². The zero-order chi connectivity index (χ0) is 15.5. The second kappa shape index (κ2) is 6.19. The lowest BCUT2D eigenvalue weighted by atomic mass is 10.3. The molecule has 0 saturated carbocycles. The number of rotatable bonds is 5.